The number of hydrogen-bond donors (Lipinski definition) is 0. The van der Waals surface area contributed by atoms with Crippen LogP contribution in [0.5, 0.6) is 0 Å². The van der Waals surface area contributed by atoms with E-state index in [1.54, 1.807) is 6.07 Å². The van der Waals surface area contributed by atoms with E-state index in [4.69, 9.17) is 11.6 Å². The van der Waals surface area contributed by atoms with E-state index < -0.39 is 0 Å². The fourth-order valence-corrected chi connectivity index (χ4v) is 2.41. The van der Waals surface area contributed by atoms with E-state index in [-0.39, 0.29) is 5.82 Å². The zero-order chi connectivity index (χ0) is 13.0. The van der Waals surface area contributed by atoms with Crippen molar-refractivity contribution in [2.45, 2.75) is 45.0 Å². The van der Waals surface area contributed by atoms with Crippen LogP contribution in [-0.4, -0.2) is 9.55 Å². The first-order valence-corrected chi connectivity index (χ1v) is 7.00. The van der Waals surface area contributed by atoms with Gasteiger partial charge in [-0.05, 0) is 18.6 Å². The number of halogens is 2. The fourth-order valence-electron chi connectivity index (χ4n) is 2.20. The second-order valence-electron chi connectivity index (χ2n) is 4.51. The number of benzene rings is 1. The molecule has 4 heteroatoms. The van der Waals surface area contributed by atoms with Crippen LogP contribution in [0.25, 0.3) is 11.0 Å². The molecule has 1 aromatic carbocycles. The minimum absolute atomic E-state index is 0.251. The van der Waals surface area contributed by atoms with E-state index in [1.807, 2.05) is 0 Å². The summed E-state index contributed by atoms with van der Waals surface area (Å²) in [4.78, 5) is 4.38. The summed E-state index contributed by atoms with van der Waals surface area (Å²) in [6.07, 6.45) is 4.79. The SMILES string of the molecule is CCCCCCn1c(CCl)nc2cc(F)ccc21. The number of fused-ring (bicyclic) bond motifs is 1. The van der Waals surface area contributed by atoms with Crippen LogP contribution in [0.15, 0.2) is 18.2 Å². The average molecular weight is 269 g/mol. The summed E-state index contributed by atoms with van der Waals surface area (Å²) < 4.78 is 15.3. The van der Waals surface area contributed by atoms with Crippen LogP contribution in [0.4, 0.5) is 4.39 Å². The molecule has 2 nitrogen and oxygen atoms in total. The average Bonchev–Trinajstić information content (AvgIpc) is 2.71. The van der Waals surface area contributed by atoms with Crippen molar-refractivity contribution in [3.8, 4) is 0 Å². The topological polar surface area (TPSA) is 17.8 Å². The number of unbranched alkanes of at least 4 members (excludes halogenated alkanes) is 3. The normalized spacial score (nSPS) is 11.3. The summed E-state index contributed by atoms with van der Waals surface area (Å²) >= 11 is 5.91. The Balaban J connectivity index is 2.23. The first-order valence-electron chi connectivity index (χ1n) is 6.47. The van der Waals surface area contributed by atoms with Gasteiger partial charge in [0.15, 0.2) is 0 Å². The van der Waals surface area contributed by atoms with Crippen molar-refractivity contribution < 1.29 is 4.39 Å². The quantitative estimate of drug-likeness (QED) is 0.557. The Hall–Kier alpha value is -1.09. The Bertz CT molecular complexity index is 522. The van der Waals surface area contributed by atoms with Gasteiger partial charge in [0.1, 0.15) is 11.6 Å². The summed E-state index contributed by atoms with van der Waals surface area (Å²) in [7, 11) is 0. The predicted molar refractivity (Wildman–Crippen MR) is 73.4 cm³/mol. The van der Waals surface area contributed by atoms with Gasteiger partial charge >= 0.3 is 0 Å². The zero-order valence-electron chi connectivity index (χ0n) is 10.6. The number of nitrogens with zero attached hydrogens (tertiary/aromatic N) is 2. The van der Waals surface area contributed by atoms with Crippen LogP contribution in [-0.2, 0) is 12.4 Å². The molecule has 98 valence electrons. The van der Waals surface area contributed by atoms with Crippen LogP contribution in [0.2, 0.25) is 0 Å². The van der Waals surface area contributed by atoms with E-state index in [9.17, 15) is 4.39 Å². The van der Waals surface area contributed by atoms with Gasteiger partial charge in [0, 0.05) is 12.6 Å². The lowest BCUT2D eigenvalue weighted by Gasteiger charge is -2.07. The van der Waals surface area contributed by atoms with Gasteiger partial charge in [-0.3, -0.25) is 0 Å². The molecule has 0 saturated heterocycles. The lowest BCUT2D eigenvalue weighted by molar-refractivity contribution is 0.581. The first kappa shape index (κ1) is 13.3. The molecule has 0 N–H and O–H groups in total. The Labute approximate surface area is 112 Å². The third kappa shape index (κ3) is 2.83. The van der Waals surface area contributed by atoms with Gasteiger partial charge in [-0.1, -0.05) is 26.2 Å². The summed E-state index contributed by atoms with van der Waals surface area (Å²) in [5, 5.41) is 0. The van der Waals surface area contributed by atoms with Crippen LogP contribution in [0.3, 0.4) is 0 Å². The lowest BCUT2D eigenvalue weighted by atomic mass is 10.2. The van der Waals surface area contributed by atoms with Gasteiger partial charge in [-0.2, -0.15) is 0 Å². The van der Waals surface area contributed by atoms with Crippen molar-refractivity contribution in [1.29, 1.82) is 0 Å². The molecule has 1 heterocycles. The molecule has 0 atom stereocenters. The Kier molecular flexibility index (Phi) is 4.59. The minimum atomic E-state index is -0.251. The summed E-state index contributed by atoms with van der Waals surface area (Å²) in [6.45, 7) is 3.10. The molecule has 0 aliphatic rings. The molecule has 0 saturated carbocycles. The van der Waals surface area contributed by atoms with Gasteiger partial charge in [-0.25, -0.2) is 9.37 Å². The number of alkyl halides is 1. The van der Waals surface area contributed by atoms with Crippen molar-refractivity contribution in [3.63, 3.8) is 0 Å². The largest absolute Gasteiger partial charge is 0.327 e. The minimum Gasteiger partial charge on any atom is -0.327 e. The number of aryl methyl sites for hydroxylation is 1. The molecule has 0 aliphatic carbocycles. The molecule has 0 unspecified atom stereocenters. The second kappa shape index (κ2) is 6.19. The Morgan fingerprint density at radius 1 is 1.28 bits per heavy atom. The molecule has 2 rings (SSSR count). The molecule has 0 spiro atoms. The number of imidazole rings is 1. The van der Waals surface area contributed by atoms with Crippen molar-refractivity contribution in [2.75, 3.05) is 0 Å². The molecule has 0 amide bonds. The maximum Gasteiger partial charge on any atom is 0.125 e. The number of hydrogen-bond acceptors (Lipinski definition) is 1. The highest BCUT2D eigenvalue weighted by Crippen LogP contribution is 2.19. The fraction of sp³-hybridized carbons (Fsp3) is 0.500. The molecule has 0 aliphatic heterocycles. The second-order valence-corrected chi connectivity index (χ2v) is 4.77. The maximum absolute atomic E-state index is 13.2. The molecule has 0 radical (unpaired) electrons. The third-order valence-corrected chi connectivity index (χ3v) is 3.38. The molecule has 1 aromatic heterocycles. The zero-order valence-corrected chi connectivity index (χ0v) is 11.4. The number of aromatic nitrogens is 2. The van der Waals surface area contributed by atoms with Crippen molar-refractivity contribution in [3.05, 3.63) is 29.8 Å². The standard InChI is InChI=1S/C14H18ClFN2/c1-2-3-4-5-8-18-13-7-6-11(16)9-12(13)17-14(18)10-15/h6-7,9H,2-5,8,10H2,1H3. The van der Waals surface area contributed by atoms with Crippen LogP contribution < -0.4 is 0 Å². The molecular formula is C14H18ClFN2. The maximum atomic E-state index is 13.2. The van der Waals surface area contributed by atoms with E-state index >= 15 is 0 Å². The van der Waals surface area contributed by atoms with E-state index in [0.717, 1.165) is 24.3 Å². The molecule has 2 aromatic rings. The molecule has 18 heavy (non-hydrogen) atoms. The number of rotatable bonds is 6. The Morgan fingerprint density at radius 3 is 2.83 bits per heavy atom. The van der Waals surface area contributed by atoms with Crippen LogP contribution >= 0.6 is 11.6 Å². The third-order valence-electron chi connectivity index (χ3n) is 3.14. The van der Waals surface area contributed by atoms with Crippen molar-refractivity contribution in [2.24, 2.45) is 0 Å². The molecule has 0 fully saturated rings. The van der Waals surface area contributed by atoms with E-state index in [2.05, 4.69) is 16.5 Å². The van der Waals surface area contributed by atoms with Crippen molar-refractivity contribution >= 4 is 22.6 Å². The summed E-state index contributed by atoms with van der Waals surface area (Å²) in [5.41, 5.74) is 1.67. The van der Waals surface area contributed by atoms with Crippen molar-refractivity contribution in [1.82, 2.24) is 9.55 Å². The highest BCUT2D eigenvalue weighted by Gasteiger charge is 2.10. The Morgan fingerprint density at radius 2 is 2.11 bits per heavy atom. The van der Waals surface area contributed by atoms with Gasteiger partial charge in [0.2, 0.25) is 0 Å². The first-order chi connectivity index (χ1) is 8.76. The van der Waals surface area contributed by atoms with E-state index in [0.29, 0.717) is 11.4 Å². The van der Waals surface area contributed by atoms with Crippen LogP contribution in [0.1, 0.15) is 38.4 Å². The molecular weight excluding hydrogens is 251 g/mol. The van der Waals surface area contributed by atoms with Gasteiger partial charge < -0.3 is 4.57 Å². The van der Waals surface area contributed by atoms with Gasteiger partial charge in [-0.15, -0.1) is 11.6 Å². The predicted octanol–water partition coefficient (Wildman–Crippen LogP) is 4.49. The summed E-state index contributed by atoms with van der Waals surface area (Å²) in [6, 6.07) is 4.73. The highest BCUT2D eigenvalue weighted by molar-refractivity contribution is 6.16. The highest BCUT2D eigenvalue weighted by atomic mass is 35.5. The lowest BCUT2D eigenvalue weighted by Crippen LogP contribution is -2.02. The van der Waals surface area contributed by atoms with Gasteiger partial charge in [0.25, 0.3) is 0 Å². The smallest absolute Gasteiger partial charge is 0.125 e. The molecule has 0 bridgehead atoms. The monoisotopic (exact) mass is 268 g/mol. The van der Waals surface area contributed by atoms with Crippen LogP contribution in [0, 0.1) is 5.82 Å². The summed E-state index contributed by atoms with van der Waals surface area (Å²) in [5.74, 6) is 0.942. The van der Waals surface area contributed by atoms with E-state index in [1.165, 1.54) is 31.4 Å². The van der Waals surface area contributed by atoms with Gasteiger partial charge in [0.05, 0.1) is 16.9 Å².